The van der Waals surface area contributed by atoms with Crippen molar-refractivity contribution in [3.8, 4) is 0 Å². The van der Waals surface area contributed by atoms with Gasteiger partial charge in [-0.25, -0.2) is 4.98 Å². The second-order valence-electron chi connectivity index (χ2n) is 3.23. The summed E-state index contributed by atoms with van der Waals surface area (Å²) in [5, 5.41) is 10.0. The lowest BCUT2D eigenvalue weighted by atomic mass is 10.0. The van der Waals surface area contributed by atoms with Crippen molar-refractivity contribution in [2.45, 2.75) is 6.10 Å². The minimum Gasteiger partial charge on any atom is -0.384 e. The Kier molecular flexibility index (Phi) is 3.33. The lowest BCUT2D eigenvalue weighted by molar-refractivity contribution is 0.220. The van der Waals surface area contributed by atoms with Crippen LogP contribution in [0.4, 0.5) is 0 Å². The van der Waals surface area contributed by atoms with Crippen LogP contribution in [0, 0.1) is 3.70 Å². The maximum Gasteiger partial charge on any atom is 0.106 e. The quantitative estimate of drug-likeness (QED) is 0.683. The number of hydrogen-bond donors (Lipinski definition) is 1. The van der Waals surface area contributed by atoms with E-state index >= 15 is 0 Å². The molecule has 0 fully saturated rings. The van der Waals surface area contributed by atoms with E-state index in [0.29, 0.717) is 0 Å². The molecule has 3 heteroatoms. The summed E-state index contributed by atoms with van der Waals surface area (Å²) in [6.07, 6.45) is 1.12. The molecule has 2 rings (SSSR count). The normalized spacial score (nSPS) is 12.4. The number of pyridine rings is 1. The van der Waals surface area contributed by atoms with Gasteiger partial charge in [-0.1, -0.05) is 36.4 Å². The summed E-state index contributed by atoms with van der Waals surface area (Å²) in [5.41, 5.74) is 1.71. The van der Waals surface area contributed by atoms with Crippen LogP contribution in [0.15, 0.2) is 48.7 Å². The van der Waals surface area contributed by atoms with Crippen molar-refractivity contribution >= 4 is 22.6 Å². The van der Waals surface area contributed by atoms with E-state index in [-0.39, 0.29) is 0 Å². The van der Waals surface area contributed by atoms with E-state index < -0.39 is 6.10 Å². The first-order valence-corrected chi connectivity index (χ1v) is 5.70. The average Bonchev–Trinajstić information content (AvgIpc) is 2.30. The SMILES string of the molecule is OC(c1ccccc1)c1ccc(I)nc1. The molecule has 0 bridgehead atoms. The molecule has 1 aromatic heterocycles. The molecule has 1 atom stereocenters. The molecule has 15 heavy (non-hydrogen) atoms. The number of halogens is 1. The van der Waals surface area contributed by atoms with Gasteiger partial charge in [-0.2, -0.15) is 0 Å². The Labute approximate surface area is 102 Å². The summed E-state index contributed by atoms with van der Waals surface area (Å²) in [5.74, 6) is 0. The fraction of sp³-hybridized carbons (Fsp3) is 0.0833. The van der Waals surface area contributed by atoms with E-state index in [1.165, 1.54) is 0 Å². The van der Waals surface area contributed by atoms with E-state index in [2.05, 4.69) is 27.6 Å². The Bertz CT molecular complexity index is 427. The molecule has 0 saturated carbocycles. The number of nitrogens with zero attached hydrogens (tertiary/aromatic N) is 1. The molecule has 0 aliphatic heterocycles. The first-order valence-electron chi connectivity index (χ1n) is 4.62. The van der Waals surface area contributed by atoms with Crippen molar-refractivity contribution in [3.63, 3.8) is 0 Å². The summed E-state index contributed by atoms with van der Waals surface area (Å²) in [7, 11) is 0. The van der Waals surface area contributed by atoms with Crippen molar-refractivity contribution in [3.05, 3.63) is 63.5 Å². The highest BCUT2D eigenvalue weighted by Crippen LogP contribution is 2.20. The van der Waals surface area contributed by atoms with Crippen LogP contribution in [0.2, 0.25) is 0 Å². The van der Waals surface area contributed by atoms with Gasteiger partial charge in [-0.05, 0) is 34.2 Å². The van der Waals surface area contributed by atoms with Gasteiger partial charge in [0, 0.05) is 11.8 Å². The predicted octanol–water partition coefficient (Wildman–Crippen LogP) is 2.77. The molecule has 0 aliphatic carbocycles. The van der Waals surface area contributed by atoms with Crippen LogP contribution >= 0.6 is 22.6 Å². The standard InChI is InChI=1S/C12H10INO/c13-11-7-6-10(8-14-11)12(15)9-4-2-1-3-5-9/h1-8,12,15H. The fourth-order valence-corrected chi connectivity index (χ4v) is 1.70. The Morgan fingerprint density at radius 3 is 2.33 bits per heavy atom. The highest BCUT2D eigenvalue weighted by Gasteiger charge is 2.09. The number of aliphatic hydroxyl groups excluding tert-OH is 1. The second kappa shape index (κ2) is 4.72. The summed E-state index contributed by atoms with van der Waals surface area (Å²) < 4.78 is 0.927. The molecule has 1 N–H and O–H groups in total. The van der Waals surface area contributed by atoms with E-state index in [9.17, 15) is 5.11 Å². The third-order valence-corrected chi connectivity index (χ3v) is 2.82. The van der Waals surface area contributed by atoms with E-state index in [1.807, 2.05) is 42.5 Å². The largest absolute Gasteiger partial charge is 0.384 e. The van der Waals surface area contributed by atoms with Gasteiger partial charge in [-0.3, -0.25) is 0 Å². The van der Waals surface area contributed by atoms with Crippen molar-refractivity contribution < 1.29 is 5.11 Å². The van der Waals surface area contributed by atoms with Crippen LogP contribution in [0.5, 0.6) is 0 Å². The monoisotopic (exact) mass is 311 g/mol. The van der Waals surface area contributed by atoms with Gasteiger partial charge >= 0.3 is 0 Å². The molecule has 2 aromatic rings. The van der Waals surface area contributed by atoms with Gasteiger partial charge in [0.25, 0.3) is 0 Å². The first-order chi connectivity index (χ1) is 7.27. The number of hydrogen-bond acceptors (Lipinski definition) is 2. The van der Waals surface area contributed by atoms with Crippen LogP contribution < -0.4 is 0 Å². The lowest BCUT2D eigenvalue weighted by Crippen LogP contribution is -1.99. The van der Waals surface area contributed by atoms with E-state index in [4.69, 9.17) is 0 Å². The first kappa shape index (κ1) is 10.6. The molecule has 2 nitrogen and oxygen atoms in total. The number of aliphatic hydroxyl groups is 1. The highest BCUT2D eigenvalue weighted by atomic mass is 127. The Hall–Kier alpha value is -0.940. The Morgan fingerprint density at radius 2 is 1.73 bits per heavy atom. The maximum atomic E-state index is 10.0. The minimum atomic E-state index is -0.587. The molecule has 0 amide bonds. The van der Waals surface area contributed by atoms with Gasteiger partial charge in [0.05, 0.1) is 0 Å². The van der Waals surface area contributed by atoms with Gasteiger partial charge in [0.15, 0.2) is 0 Å². The third kappa shape index (κ3) is 2.54. The Balaban J connectivity index is 2.29. The molecule has 0 spiro atoms. The van der Waals surface area contributed by atoms with Crippen molar-refractivity contribution in [2.24, 2.45) is 0 Å². The van der Waals surface area contributed by atoms with E-state index in [1.54, 1.807) is 6.20 Å². The predicted molar refractivity (Wildman–Crippen MR) is 67.5 cm³/mol. The summed E-state index contributed by atoms with van der Waals surface area (Å²) in [6.45, 7) is 0. The maximum absolute atomic E-state index is 10.0. The van der Waals surface area contributed by atoms with Crippen LogP contribution in [0.25, 0.3) is 0 Å². The average molecular weight is 311 g/mol. The summed E-state index contributed by atoms with van der Waals surface area (Å²) in [4.78, 5) is 4.15. The zero-order valence-corrected chi connectivity index (χ0v) is 10.1. The van der Waals surface area contributed by atoms with Crippen LogP contribution in [-0.4, -0.2) is 10.1 Å². The Morgan fingerprint density at radius 1 is 1.00 bits per heavy atom. The topological polar surface area (TPSA) is 33.1 Å². The van der Waals surface area contributed by atoms with Gasteiger partial charge < -0.3 is 5.11 Å². The zero-order chi connectivity index (χ0) is 10.7. The van der Waals surface area contributed by atoms with Crippen molar-refractivity contribution in [2.75, 3.05) is 0 Å². The van der Waals surface area contributed by atoms with Crippen LogP contribution in [-0.2, 0) is 0 Å². The van der Waals surface area contributed by atoms with Crippen LogP contribution in [0.1, 0.15) is 17.2 Å². The van der Waals surface area contributed by atoms with Crippen molar-refractivity contribution in [1.29, 1.82) is 0 Å². The fourth-order valence-electron chi connectivity index (χ4n) is 1.38. The molecular formula is C12H10INO. The molecule has 0 saturated heterocycles. The minimum absolute atomic E-state index is 0.587. The second-order valence-corrected chi connectivity index (χ2v) is 4.33. The van der Waals surface area contributed by atoms with Gasteiger partial charge in [0.2, 0.25) is 0 Å². The molecular weight excluding hydrogens is 301 g/mol. The lowest BCUT2D eigenvalue weighted by Gasteiger charge is -2.10. The molecule has 1 unspecified atom stereocenters. The highest BCUT2D eigenvalue weighted by molar-refractivity contribution is 14.1. The molecule has 76 valence electrons. The molecule has 0 aliphatic rings. The summed E-state index contributed by atoms with van der Waals surface area (Å²) >= 11 is 2.14. The number of rotatable bonds is 2. The molecule has 1 aromatic carbocycles. The van der Waals surface area contributed by atoms with E-state index in [0.717, 1.165) is 14.8 Å². The number of aromatic nitrogens is 1. The van der Waals surface area contributed by atoms with Crippen molar-refractivity contribution in [1.82, 2.24) is 4.98 Å². The summed E-state index contributed by atoms with van der Waals surface area (Å²) in [6, 6.07) is 13.4. The number of benzene rings is 1. The van der Waals surface area contributed by atoms with Gasteiger partial charge in [0.1, 0.15) is 9.80 Å². The molecule has 1 heterocycles. The van der Waals surface area contributed by atoms with Gasteiger partial charge in [-0.15, -0.1) is 0 Å². The molecule has 0 radical (unpaired) electrons. The third-order valence-electron chi connectivity index (χ3n) is 2.18. The smallest absolute Gasteiger partial charge is 0.106 e. The zero-order valence-electron chi connectivity index (χ0n) is 7.97. The van der Waals surface area contributed by atoms with Crippen LogP contribution in [0.3, 0.4) is 0 Å².